The number of halogens is 2. The fraction of sp³-hybridized carbons (Fsp3) is 0.417. The molecule has 110 valence electrons. The average molecular weight is 383 g/mol. The average Bonchev–Trinajstić information content (AvgIpc) is 2.75. The normalized spacial score (nSPS) is 23.9. The number of sulfonamides is 1. The van der Waals surface area contributed by atoms with Crippen molar-refractivity contribution in [3.8, 4) is 0 Å². The van der Waals surface area contributed by atoms with Gasteiger partial charge in [0.05, 0.1) is 9.92 Å². The van der Waals surface area contributed by atoms with Crippen molar-refractivity contribution in [2.45, 2.75) is 24.3 Å². The van der Waals surface area contributed by atoms with Crippen LogP contribution in [0.2, 0.25) is 5.02 Å². The zero-order valence-electron chi connectivity index (χ0n) is 10.6. The quantitative estimate of drug-likeness (QED) is 0.872. The van der Waals surface area contributed by atoms with Crippen molar-refractivity contribution in [1.29, 1.82) is 0 Å². The van der Waals surface area contributed by atoms with E-state index in [4.69, 9.17) is 11.6 Å². The van der Waals surface area contributed by atoms with Crippen LogP contribution in [0.1, 0.15) is 13.3 Å². The van der Waals surface area contributed by atoms with Crippen molar-refractivity contribution < 1.29 is 18.3 Å². The van der Waals surface area contributed by atoms with Gasteiger partial charge in [0, 0.05) is 11.0 Å². The number of benzene rings is 1. The maximum absolute atomic E-state index is 12.6. The smallest absolute Gasteiger partial charge is 0.322 e. The van der Waals surface area contributed by atoms with Crippen LogP contribution in [0.15, 0.2) is 27.6 Å². The Kier molecular flexibility index (Phi) is 4.44. The van der Waals surface area contributed by atoms with Crippen LogP contribution in [0.3, 0.4) is 0 Å². The van der Waals surface area contributed by atoms with Gasteiger partial charge >= 0.3 is 5.97 Å². The van der Waals surface area contributed by atoms with E-state index in [9.17, 15) is 18.3 Å². The van der Waals surface area contributed by atoms with Crippen molar-refractivity contribution in [1.82, 2.24) is 4.31 Å². The fourth-order valence-electron chi connectivity index (χ4n) is 2.32. The Hall–Kier alpha value is -0.630. The lowest BCUT2D eigenvalue weighted by atomic mass is 10.0. The van der Waals surface area contributed by atoms with E-state index < -0.39 is 22.0 Å². The van der Waals surface area contributed by atoms with Gasteiger partial charge in [0.2, 0.25) is 10.0 Å². The second-order valence-corrected chi connectivity index (χ2v) is 7.89. The van der Waals surface area contributed by atoms with Crippen molar-refractivity contribution in [3.05, 3.63) is 27.7 Å². The van der Waals surface area contributed by atoms with E-state index >= 15 is 0 Å². The molecule has 2 unspecified atom stereocenters. The molecule has 2 rings (SSSR count). The molecule has 2 atom stereocenters. The summed E-state index contributed by atoms with van der Waals surface area (Å²) in [5, 5.41) is 9.62. The van der Waals surface area contributed by atoms with Gasteiger partial charge in [-0.15, -0.1) is 0 Å². The summed E-state index contributed by atoms with van der Waals surface area (Å²) in [5.41, 5.74) is 0. The summed E-state index contributed by atoms with van der Waals surface area (Å²) in [5.74, 6) is -1.33. The molecule has 0 aliphatic carbocycles. The maximum Gasteiger partial charge on any atom is 0.322 e. The Bertz CT molecular complexity index is 649. The molecule has 1 aromatic carbocycles. The van der Waals surface area contributed by atoms with E-state index in [-0.39, 0.29) is 17.4 Å². The first-order chi connectivity index (χ1) is 9.25. The number of nitrogens with zero attached hydrogens (tertiary/aromatic N) is 1. The molecule has 1 heterocycles. The minimum absolute atomic E-state index is 0.0362. The highest BCUT2D eigenvalue weighted by Gasteiger charge is 2.43. The van der Waals surface area contributed by atoms with Gasteiger partial charge in [0.25, 0.3) is 0 Å². The summed E-state index contributed by atoms with van der Waals surface area (Å²) in [6, 6.07) is 3.21. The fourth-order valence-corrected chi connectivity index (χ4v) is 4.69. The predicted octanol–water partition coefficient (Wildman–Crippen LogP) is 2.59. The van der Waals surface area contributed by atoms with E-state index in [1.165, 1.54) is 18.2 Å². The Labute approximate surface area is 130 Å². The molecule has 0 radical (unpaired) electrons. The van der Waals surface area contributed by atoms with Gasteiger partial charge in [0.1, 0.15) is 6.04 Å². The van der Waals surface area contributed by atoms with E-state index in [2.05, 4.69) is 15.9 Å². The molecule has 1 saturated heterocycles. The molecule has 1 aliphatic heterocycles. The first kappa shape index (κ1) is 15.8. The van der Waals surface area contributed by atoms with Gasteiger partial charge in [-0.1, -0.05) is 18.5 Å². The topological polar surface area (TPSA) is 74.7 Å². The number of carboxylic acids is 1. The number of hydrogen-bond acceptors (Lipinski definition) is 3. The largest absolute Gasteiger partial charge is 0.480 e. The molecule has 0 amide bonds. The summed E-state index contributed by atoms with van der Waals surface area (Å²) >= 11 is 9.02. The van der Waals surface area contributed by atoms with E-state index in [0.29, 0.717) is 15.9 Å². The van der Waals surface area contributed by atoms with Crippen molar-refractivity contribution in [2.24, 2.45) is 5.92 Å². The Morgan fingerprint density at radius 1 is 1.50 bits per heavy atom. The Morgan fingerprint density at radius 2 is 2.15 bits per heavy atom. The first-order valence-electron chi connectivity index (χ1n) is 5.95. The van der Waals surface area contributed by atoms with Gasteiger partial charge < -0.3 is 5.11 Å². The minimum atomic E-state index is -3.84. The molecule has 0 saturated carbocycles. The van der Waals surface area contributed by atoms with Gasteiger partial charge in [-0.25, -0.2) is 8.42 Å². The lowest BCUT2D eigenvalue weighted by Crippen LogP contribution is -2.42. The Balaban J connectivity index is 2.44. The van der Waals surface area contributed by atoms with E-state index in [0.717, 1.165) is 4.31 Å². The molecule has 1 aliphatic rings. The highest BCUT2D eigenvalue weighted by Crippen LogP contribution is 2.32. The van der Waals surface area contributed by atoms with E-state index in [1.807, 2.05) is 0 Å². The molecule has 0 spiro atoms. The van der Waals surface area contributed by atoms with Crippen LogP contribution in [0, 0.1) is 5.92 Å². The standard InChI is InChI=1S/C12H13BrClNO4S/c1-7-4-5-15(11(7)12(16)17)20(18,19)8-2-3-10(14)9(13)6-8/h2-3,6-7,11H,4-5H2,1H3,(H,16,17). The summed E-state index contributed by atoms with van der Waals surface area (Å²) in [6.45, 7) is 1.95. The monoisotopic (exact) mass is 381 g/mol. The van der Waals surface area contributed by atoms with Gasteiger partial charge in [-0.05, 0) is 46.5 Å². The molecule has 0 bridgehead atoms. The van der Waals surface area contributed by atoms with Crippen LogP contribution >= 0.6 is 27.5 Å². The van der Waals surface area contributed by atoms with Crippen LogP contribution in [0.5, 0.6) is 0 Å². The molecular formula is C12H13BrClNO4S. The van der Waals surface area contributed by atoms with Gasteiger partial charge in [-0.2, -0.15) is 4.31 Å². The van der Waals surface area contributed by atoms with Crippen LogP contribution in [-0.2, 0) is 14.8 Å². The molecule has 5 nitrogen and oxygen atoms in total. The summed E-state index contributed by atoms with van der Waals surface area (Å²) < 4.78 is 26.6. The highest BCUT2D eigenvalue weighted by molar-refractivity contribution is 9.10. The molecule has 0 aromatic heterocycles. The highest BCUT2D eigenvalue weighted by atomic mass is 79.9. The zero-order chi connectivity index (χ0) is 15.1. The summed E-state index contributed by atoms with van der Waals surface area (Å²) in [7, 11) is -3.84. The lowest BCUT2D eigenvalue weighted by Gasteiger charge is -2.23. The first-order valence-corrected chi connectivity index (χ1v) is 8.56. The lowest BCUT2D eigenvalue weighted by molar-refractivity contribution is -0.141. The molecule has 1 N–H and O–H groups in total. The third kappa shape index (κ3) is 2.72. The van der Waals surface area contributed by atoms with Gasteiger partial charge in [0.15, 0.2) is 0 Å². The molecule has 8 heteroatoms. The van der Waals surface area contributed by atoms with Crippen LogP contribution in [-0.4, -0.2) is 36.4 Å². The number of rotatable bonds is 3. The van der Waals surface area contributed by atoms with Crippen LogP contribution < -0.4 is 0 Å². The SMILES string of the molecule is CC1CCN(S(=O)(=O)c2ccc(Cl)c(Br)c2)C1C(=O)O. The van der Waals surface area contributed by atoms with E-state index in [1.54, 1.807) is 6.92 Å². The minimum Gasteiger partial charge on any atom is -0.480 e. The summed E-state index contributed by atoms with van der Waals surface area (Å²) in [4.78, 5) is 11.3. The Morgan fingerprint density at radius 3 is 2.70 bits per heavy atom. The molecule has 1 fully saturated rings. The number of hydrogen-bond donors (Lipinski definition) is 1. The second-order valence-electron chi connectivity index (χ2n) is 4.74. The summed E-state index contributed by atoms with van der Waals surface area (Å²) in [6.07, 6.45) is 0.533. The third-order valence-corrected chi connectivity index (χ3v) is 6.50. The van der Waals surface area contributed by atoms with Crippen molar-refractivity contribution in [2.75, 3.05) is 6.54 Å². The third-order valence-electron chi connectivity index (χ3n) is 3.40. The number of carboxylic acid groups (broad SMARTS) is 1. The molecular weight excluding hydrogens is 370 g/mol. The number of carbonyl (C=O) groups is 1. The predicted molar refractivity (Wildman–Crippen MR) is 78.2 cm³/mol. The zero-order valence-corrected chi connectivity index (χ0v) is 13.7. The van der Waals surface area contributed by atoms with Gasteiger partial charge in [-0.3, -0.25) is 4.79 Å². The number of aliphatic carboxylic acids is 1. The van der Waals surface area contributed by atoms with Crippen LogP contribution in [0.25, 0.3) is 0 Å². The molecule has 20 heavy (non-hydrogen) atoms. The molecule has 1 aromatic rings. The second kappa shape index (κ2) is 5.63. The van der Waals surface area contributed by atoms with Crippen molar-refractivity contribution >= 4 is 43.5 Å². The maximum atomic E-state index is 12.6. The van der Waals surface area contributed by atoms with Crippen molar-refractivity contribution in [3.63, 3.8) is 0 Å². The van der Waals surface area contributed by atoms with Crippen LogP contribution in [0.4, 0.5) is 0 Å².